The van der Waals surface area contributed by atoms with Crippen LogP contribution in [0.3, 0.4) is 0 Å². The van der Waals surface area contributed by atoms with Gasteiger partial charge in [0.25, 0.3) is 5.56 Å². The second-order valence-corrected chi connectivity index (χ2v) is 5.34. The van der Waals surface area contributed by atoms with E-state index in [1.54, 1.807) is 24.0 Å². The molecule has 2 heterocycles. The first-order valence-corrected chi connectivity index (χ1v) is 6.35. The second-order valence-electron chi connectivity index (χ2n) is 4.43. The molecule has 0 N–H and O–H groups in total. The van der Waals surface area contributed by atoms with Gasteiger partial charge in [0.15, 0.2) is 0 Å². The Labute approximate surface area is 107 Å². The Bertz CT molecular complexity index is 625. The fraction of sp³-hybridized carbons (Fsp3) is 0.333. The molecule has 0 aliphatic heterocycles. The zero-order valence-electron chi connectivity index (χ0n) is 9.43. The first-order chi connectivity index (χ1) is 8.15. The normalized spacial score (nSPS) is 15.2. The van der Waals surface area contributed by atoms with Gasteiger partial charge in [0.1, 0.15) is 0 Å². The summed E-state index contributed by atoms with van der Waals surface area (Å²) in [4.78, 5) is 12.0. The maximum Gasteiger partial charge on any atom is 0.258 e. The van der Waals surface area contributed by atoms with E-state index < -0.39 is 0 Å². The van der Waals surface area contributed by atoms with Gasteiger partial charge >= 0.3 is 0 Å². The van der Waals surface area contributed by atoms with E-state index >= 15 is 0 Å². The average molecular weight is 294 g/mol. The first-order valence-electron chi connectivity index (χ1n) is 5.56. The largest absolute Gasteiger partial charge is 0.317 e. The molecular weight excluding hydrogens is 282 g/mol. The summed E-state index contributed by atoms with van der Waals surface area (Å²) in [6.45, 7) is 0. The molecular formula is C12H12BrN3O. The number of halogens is 1. The van der Waals surface area contributed by atoms with Crippen LogP contribution >= 0.6 is 15.9 Å². The fourth-order valence-corrected chi connectivity index (χ4v) is 2.43. The summed E-state index contributed by atoms with van der Waals surface area (Å²) in [5.74, 6) is 0. The van der Waals surface area contributed by atoms with Gasteiger partial charge in [-0.05, 0) is 34.8 Å². The van der Waals surface area contributed by atoms with Gasteiger partial charge < -0.3 is 4.57 Å². The third kappa shape index (κ3) is 1.95. The lowest BCUT2D eigenvalue weighted by Crippen LogP contribution is -2.17. The lowest BCUT2D eigenvalue weighted by molar-refractivity contribution is 0.642. The summed E-state index contributed by atoms with van der Waals surface area (Å²) in [5.41, 5.74) is 1.58. The van der Waals surface area contributed by atoms with Crippen molar-refractivity contribution in [2.24, 2.45) is 7.05 Å². The molecule has 17 heavy (non-hydrogen) atoms. The smallest absolute Gasteiger partial charge is 0.258 e. The predicted molar refractivity (Wildman–Crippen MR) is 68.9 cm³/mol. The van der Waals surface area contributed by atoms with E-state index in [-0.39, 0.29) is 5.56 Å². The molecule has 0 amide bonds. The van der Waals surface area contributed by atoms with Gasteiger partial charge in [-0.25, -0.2) is 0 Å². The van der Waals surface area contributed by atoms with Gasteiger partial charge in [0.05, 0.1) is 17.8 Å². The lowest BCUT2D eigenvalue weighted by atomic mass is 10.1. The second kappa shape index (κ2) is 3.84. The summed E-state index contributed by atoms with van der Waals surface area (Å²) >= 11 is 3.41. The average Bonchev–Trinajstić information content (AvgIpc) is 3.02. The number of aromatic nitrogens is 3. The standard InChI is InChI=1S/C12H12BrN3O/c1-15-7-9(13)4-11(12(15)17)8-5-14-16(6-8)10-2-3-10/h4-7,10H,2-3H2,1H3. The first kappa shape index (κ1) is 10.8. The third-order valence-electron chi connectivity index (χ3n) is 2.98. The van der Waals surface area contributed by atoms with Crippen LogP contribution in [0.25, 0.3) is 11.1 Å². The predicted octanol–water partition coefficient (Wildman–Crippen LogP) is 2.35. The zero-order chi connectivity index (χ0) is 12.0. The number of nitrogens with zero attached hydrogens (tertiary/aromatic N) is 3. The van der Waals surface area contributed by atoms with E-state index in [9.17, 15) is 4.79 Å². The van der Waals surface area contributed by atoms with Crippen molar-refractivity contribution in [2.75, 3.05) is 0 Å². The minimum Gasteiger partial charge on any atom is -0.317 e. The lowest BCUT2D eigenvalue weighted by Gasteiger charge is -2.02. The SMILES string of the molecule is Cn1cc(Br)cc(-c2cnn(C3CC3)c2)c1=O. The van der Waals surface area contributed by atoms with Crippen molar-refractivity contribution in [1.29, 1.82) is 0 Å². The maximum absolute atomic E-state index is 12.0. The van der Waals surface area contributed by atoms with Gasteiger partial charge in [0.2, 0.25) is 0 Å². The van der Waals surface area contributed by atoms with Crippen LogP contribution < -0.4 is 5.56 Å². The van der Waals surface area contributed by atoms with Crippen LogP contribution in [-0.2, 0) is 7.05 Å². The van der Waals surface area contributed by atoms with Crippen molar-refractivity contribution < 1.29 is 0 Å². The molecule has 1 fully saturated rings. The summed E-state index contributed by atoms with van der Waals surface area (Å²) in [6, 6.07) is 2.39. The summed E-state index contributed by atoms with van der Waals surface area (Å²) in [5, 5.41) is 4.31. The molecule has 4 nitrogen and oxygen atoms in total. The van der Waals surface area contributed by atoms with E-state index in [1.807, 2.05) is 16.9 Å². The van der Waals surface area contributed by atoms with E-state index in [0.29, 0.717) is 11.6 Å². The van der Waals surface area contributed by atoms with Crippen LogP contribution in [0.2, 0.25) is 0 Å². The van der Waals surface area contributed by atoms with Gasteiger partial charge in [-0.3, -0.25) is 9.48 Å². The van der Waals surface area contributed by atoms with Gasteiger partial charge in [-0.2, -0.15) is 5.10 Å². The molecule has 2 aromatic rings. The minimum absolute atomic E-state index is 0.00328. The van der Waals surface area contributed by atoms with Crippen molar-refractivity contribution in [3.63, 3.8) is 0 Å². The quantitative estimate of drug-likeness (QED) is 0.853. The Morgan fingerprint density at radius 3 is 2.88 bits per heavy atom. The minimum atomic E-state index is 0.00328. The molecule has 0 atom stereocenters. The van der Waals surface area contributed by atoms with Crippen molar-refractivity contribution in [3.05, 3.63) is 39.5 Å². The molecule has 88 valence electrons. The molecule has 0 unspecified atom stereocenters. The summed E-state index contributed by atoms with van der Waals surface area (Å²) in [7, 11) is 1.75. The number of hydrogen-bond acceptors (Lipinski definition) is 2. The Hall–Kier alpha value is -1.36. The molecule has 1 aliphatic rings. The van der Waals surface area contributed by atoms with E-state index in [0.717, 1.165) is 10.0 Å². The number of rotatable bonds is 2. The van der Waals surface area contributed by atoms with Crippen LogP contribution in [0.4, 0.5) is 0 Å². The molecule has 2 aromatic heterocycles. The molecule has 0 spiro atoms. The van der Waals surface area contributed by atoms with E-state index in [1.165, 1.54) is 12.8 Å². The molecule has 0 aromatic carbocycles. The van der Waals surface area contributed by atoms with Crippen LogP contribution in [0.15, 0.2) is 33.9 Å². The number of hydrogen-bond donors (Lipinski definition) is 0. The van der Waals surface area contributed by atoms with Gasteiger partial charge in [-0.15, -0.1) is 0 Å². The Kier molecular flexibility index (Phi) is 2.43. The van der Waals surface area contributed by atoms with Crippen LogP contribution in [0, 0.1) is 0 Å². The molecule has 1 aliphatic carbocycles. The van der Waals surface area contributed by atoms with Crippen molar-refractivity contribution in [1.82, 2.24) is 14.3 Å². The summed E-state index contributed by atoms with van der Waals surface area (Å²) < 4.78 is 4.43. The highest BCUT2D eigenvalue weighted by molar-refractivity contribution is 9.10. The molecule has 5 heteroatoms. The topological polar surface area (TPSA) is 39.8 Å². The van der Waals surface area contributed by atoms with Crippen molar-refractivity contribution in [2.45, 2.75) is 18.9 Å². The summed E-state index contributed by atoms with van der Waals surface area (Å²) in [6.07, 6.45) is 7.87. The fourth-order valence-electron chi connectivity index (χ4n) is 1.89. The van der Waals surface area contributed by atoms with Crippen molar-refractivity contribution >= 4 is 15.9 Å². The Balaban J connectivity index is 2.10. The molecule has 3 rings (SSSR count). The Morgan fingerprint density at radius 2 is 2.18 bits per heavy atom. The van der Waals surface area contributed by atoms with Crippen LogP contribution in [0.1, 0.15) is 18.9 Å². The number of pyridine rings is 1. The van der Waals surface area contributed by atoms with E-state index in [4.69, 9.17) is 0 Å². The molecule has 0 radical (unpaired) electrons. The van der Waals surface area contributed by atoms with Crippen LogP contribution in [0.5, 0.6) is 0 Å². The van der Waals surface area contributed by atoms with E-state index in [2.05, 4.69) is 21.0 Å². The number of aryl methyl sites for hydroxylation is 1. The van der Waals surface area contributed by atoms with Crippen LogP contribution in [-0.4, -0.2) is 14.3 Å². The van der Waals surface area contributed by atoms with Gasteiger partial charge in [0, 0.05) is 29.5 Å². The highest BCUT2D eigenvalue weighted by atomic mass is 79.9. The zero-order valence-corrected chi connectivity index (χ0v) is 11.0. The third-order valence-corrected chi connectivity index (χ3v) is 3.42. The maximum atomic E-state index is 12.0. The monoisotopic (exact) mass is 293 g/mol. The molecule has 1 saturated carbocycles. The highest BCUT2D eigenvalue weighted by Crippen LogP contribution is 2.34. The highest BCUT2D eigenvalue weighted by Gasteiger charge is 2.24. The van der Waals surface area contributed by atoms with Crippen molar-refractivity contribution in [3.8, 4) is 11.1 Å². The molecule has 0 bridgehead atoms. The van der Waals surface area contributed by atoms with Gasteiger partial charge in [-0.1, -0.05) is 0 Å². The Morgan fingerprint density at radius 1 is 1.41 bits per heavy atom. The molecule has 0 saturated heterocycles.